The topological polar surface area (TPSA) is 51.2 Å². The molecule has 0 unspecified atom stereocenters. The van der Waals surface area contributed by atoms with E-state index in [-0.39, 0.29) is 17.4 Å². The molecule has 0 bridgehead atoms. The Morgan fingerprint density at radius 3 is 0.900 bits per heavy atom. The van der Waals surface area contributed by atoms with Gasteiger partial charge in [-0.3, -0.25) is 20.4 Å². The molecule has 0 aliphatic rings. The Hall–Kier alpha value is -0.938. The van der Waals surface area contributed by atoms with E-state index in [1.54, 1.807) is 0 Å². The van der Waals surface area contributed by atoms with E-state index in [9.17, 15) is 0 Å². The molecule has 10 heavy (non-hydrogen) atoms. The average Bonchev–Trinajstić information content (AvgIpc) is 2.01. The van der Waals surface area contributed by atoms with Crippen molar-refractivity contribution in [3.63, 3.8) is 0 Å². The zero-order valence-corrected chi connectivity index (χ0v) is 6.42. The molecule has 3 nitrogen and oxygen atoms in total. The van der Waals surface area contributed by atoms with Crippen LogP contribution in [-0.4, -0.2) is 20.4 Å². The Bertz CT molecular complexity index is 55.3. The van der Waals surface area contributed by atoms with Crippen LogP contribution in [0.5, 0.6) is 0 Å². The second-order valence-corrected chi connectivity index (χ2v) is 0.204. The summed E-state index contributed by atoms with van der Waals surface area (Å²) in [4.78, 5) is 23.2. The summed E-state index contributed by atoms with van der Waals surface area (Å²) in [7, 11) is 0. The quantitative estimate of drug-likeness (QED) is 0.296. The van der Waals surface area contributed by atoms with Crippen molar-refractivity contribution in [2.75, 3.05) is 0 Å². The molecule has 0 rings (SSSR count). The third-order valence-corrected chi connectivity index (χ3v) is 0. The molecular formula is C6H6CrO3. The molecule has 4 heteroatoms. The summed E-state index contributed by atoms with van der Waals surface area (Å²) in [6.07, 6.45) is 0. The van der Waals surface area contributed by atoms with Gasteiger partial charge in [-0.2, -0.15) is 0 Å². The zero-order valence-electron chi connectivity index (χ0n) is 5.15. The second-order valence-electron chi connectivity index (χ2n) is 0.204. The van der Waals surface area contributed by atoms with Gasteiger partial charge in [0, 0.05) is 0 Å². The molecule has 54 valence electrons. The van der Waals surface area contributed by atoms with Gasteiger partial charge in [-0.25, -0.2) is 13.2 Å². The number of hydrogen-bond acceptors (Lipinski definition) is 3. The van der Waals surface area contributed by atoms with Crippen molar-refractivity contribution in [3.8, 4) is 0 Å². The molecule has 0 radical (unpaired) electrons. The van der Waals surface area contributed by atoms with Crippen molar-refractivity contribution < 1.29 is 31.7 Å². The number of carbonyl (C=O) groups excluding carboxylic acids is 3. The molecule has 0 aliphatic heterocycles. The van der Waals surface area contributed by atoms with Crippen molar-refractivity contribution in [2.24, 2.45) is 0 Å². The Balaban J connectivity index is -0.0000000110. The first kappa shape index (κ1) is 35.7. The van der Waals surface area contributed by atoms with E-state index >= 15 is 0 Å². The van der Waals surface area contributed by atoms with E-state index < -0.39 is 0 Å². The summed E-state index contributed by atoms with van der Waals surface area (Å²) in [5, 5.41) is 0. The summed E-state index contributed by atoms with van der Waals surface area (Å²) in [5.41, 5.74) is 2.00. The van der Waals surface area contributed by atoms with Crippen LogP contribution in [0.4, 0.5) is 0 Å². The van der Waals surface area contributed by atoms with Crippen LogP contribution in [-0.2, 0) is 31.7 Å². The van der Waals surface area contributed by atoms with Gasteiger partial charge in [-0.05, 0) is 0 Å². The first-order valence-electron chi connectivity index (χ1n) is 1.35. The smallest absolute Gasteiger partial charge is 0.545 e. The van der Waals surface area contributed by atoms with Gasteiger partial charge in [0.05, 0.1) is 0 Å². The summed E-state index contributed by atoms with van der Waals surface area (Å²) in [6.45, 7) is 17.2. The Labute approximate surface area is 71.6 Å². The minimum atomic E-state index is 0. The fraction of sp³-hybridized carbons (Fsp3) is 0. The first-order chi connectivity index (χ1) is 4.41. The van der Waals surface area contributed by atoms with Crippen molar-refractivity contribution in [3.05, 3.63) is 18.9 Å². The van der Waals surface area contributed by atoms with Crippen LogP contribution in [0, 0.1) is 6.58 Å². The van der Waals surface area contributed by atoms with E-state index in [1.807, 2.05) is 5.73 Å². The molecule has 0 aromatic rings. The first-order valence-corrected chi connectivity index (χ1v) is 1.35. The summed E-state index contributed by atoms with van der Waals surface area (Å²) >= 11 is 0. The minimum Gasteiger partial charge on any atom is -0.545 e. The molecule has 0 N–H and O–H groups in total. The third kappa shape index (κ3) is 295. The van der Waals surface area contributed by atoms with Crippen LogP contribution in [0.1, 0.15) is 0 Å². The van der Waals surface area contributed by atoms with Crippen LogP contribution >= 0.6 is 0 Å². The van der Waals surface area contributed by atoms with Crippen LogP contribution in [0.2, 0.25) is 0 Å². The van der Waals surface area contributed by atoms with Gasteiger partial charge >= 0.3 is 17.4 Å². The number of hydrogen-bond donors (Lipinski definition) is 0. The SMILES string of the molecule is [CH-]=C=C.[CH-]=O.[CH-]=O.[CH-]=O.[Cr+4]. The zero-order chi connectivity index (χ0) is 8.71. The van der Waals surface area contributed by atoms with Gasteiger partial charge in [0.2, 0.25) is 0 Å². The average molecular weight is 178 g/mol. The molecule has 0 saturated heterocycles. The summed E-state index contributed by atoms with van der Waals surface area (Å²) < 4.78 is 0. The molecule has 0 aromatic heterocycles. The molecule has 0 spiro atoms. The van der Waals surface area contributed by atoms with Crippen molar-refractivity contribution >= 4 is 20.4 Å². The summed E-state index contributed by atoms with van der Waals surface area (Å²) in [6, 6.07) is 0. The largest absolute Gasteiger partial charge is 4.00 e. The van der Waals surface area contributed by atoms with E-state index in [0.29, 0.717) is 0 Å². The fourth-order valence-electron chi connectivity index (χ4n) is 0. The van der Waals surface area contributed by atoms with Crippen molar-refractivity contribution in [1.29, 1.82) is 0 Å². The van der Waals surface area contributed by atoms with Gasteiger partial charge in [0.25, 0.3) is 0 Å². The molecule has 0 aromatic carbocycles. The van der Waals surface area contributed by atoms with Crippen molar-refractivity contribution in [2.45, 2.75) is 0 Å². The molecular weight excluding hydrogens is 172 g/mol. The fourth-order valence-corrected chi connectivity index (χ4v) is 0. The predicted molar refractivity (Wildman–Crippen MR) is 33.7 cm³/mol. The van der Waals surface area contributed by atoms with Gasteiger partial charge in [0.15, 0.2) is 0 Å². The van der Waals surface area contributed by atoms with E-state index in [4.69, 9.17) is 14.4 Å². The van der Waals surface area contributed by atoms with Gasteiger partial charge in [-0.1, -0.05) is 0 Å². The van der Waals surface area contributed by atoms with E-state index in [2.05, 4.69) is 33.5 Å². The van der Waals surface area contributed by atoms with Crippen molar-refractivity contribution in [1.82, 2.24) is 0 Å². The Morgan fingerprint density at radius 1 is 0.900 bits per heavy atom. The van der Waals surface area contributed by atoms with Gasteiger partial charge < -0.3 is 20.1 Å². The molecule has 0 amide bonds. The van der Waals surface area contributed by atoms with E-state index in [1.165, 1.54) is 0 Å². The van der Waals surface area contributed by atoms with Crippen LogP contribution in [0.3, 0.4) is 0 Å². The monoisotopic (exact) mass is 178 g/mol. The molecule has 0 aliphatic carbocycles. The Morgan fingerprint density at radius 2 is 0.900 bits per heavy atom. The normalized spacial score (nSPS) is 2.00. The van der Waals surface area contributed by atoms with E-state index in [0.717, 1.165) is 0 Å². The van der Waals surface area contributed by atoms with Gasteiger partial charge in [0.1, 0.15) is 0 Å². The molecule has 0 atom stereocenters. The number of rotatable bonds is 0. The molecule has 0 heterocycles. The maximum Gasteiger partial charge on any atom is 4.00 e. The summed E-state index contributed by atoms with van der Waals surface area (Å²) in [5.74, 6) is 0. The van der Waals surface area contributed by atoms with Gasteiger partial charge in [-0.15, -0.1) is 0 Å². The second kappa shape index (κ2) is 103000. The Kier molecular flexibility index (Phi) is 368000. The molecule has 0 saturated carbocycles. The third-order valence-electron chi connectivity index (χ3n) is 0. The van der Waals surface area contributed by atoms with Crippen LogP contribution in [0.25, 0.3) is 0 Å². The maximum atomic E-state index is 7.75. The maximum absolute atomic E-state index is 7.75. The predicted octanol–water partition coefficient (Wildman–Crippen LogP) is -0.0643. The van der Waals surface area contributed by atoms with Crippen LogP contribution < -0.4 is 0 Å². The molecule has 0 fully saturated rings. The minimum absolute atomic E-state index is 0. The standard InChI is InChI=1S/C3H3.3CHO.Cr/c1-3-2;3*1-2;/h1H,2H2;3*1H;/q4*-1;+4. The van der Waals surface area contributed by atoms with Crippen LogP contribution in [0.15, 0.2) is 12.3 Å².